The molecular formula is C14H22N4S2. The van der Waals surface area contributed by atoms with Gasteiger partial charge in [0, 0.05) is 41.2 Å². The molecule has 0 aromatic carbocycles. The van der Waals surface area contributed by atoms with Crippen LogP contribution in [0, 0.1) is 0 Å². The van der Waals surface area contributed by atoms with Crippen LogP contribution in [0.1, 0.15) is 57.1 Å². The summed E-state index contributed by atoms with van der Waals surface area (Å²) < 4.78 is 4.33. The summed E-state index contributed by atoms with van der Waals surface area (Å²) >= 11 is 3.18. The lowest BCUT2D eigenvalue weighted by Gasteiger charge is -2.13. The minimum atomic E-state index is 0.141. The zero-order chi connectivity index (χ0) is 14.8. The Labute approximate surface area is 128 Å². The molecule has 0 unspecified atom stereocenters. The highest BCUT2D eigenvalue weighted by Gasteiger charge is 2.17. The highest BCUT2D eigenvalue weighted by Crippen LogP contribution is 2.25. The number of hydrogen-bond donors (Lipinski definition) is 1. The molecule has 0 spiro atoms. The van der Waals surface area contributed by atoms with E-state index in [-0.39, 0.29) is 5.41 Å². The van der Waals surface area contributed by atoms with E-state index in [9.17, 15) is 0 Å². The van der Waals surface area contributed by atoms with E-state index in [1.807, 2.05) is 0 Å². The molecule has 2 heterocycles. The average Bonchev–Trinajstić information content (AvgIpc) is 2.96. The maximum absolute atomic E-state index is 4.69. The largest absolute Gasteiger partial charge is 0.360 e. The summed E-state index contributed by atoms with van der Waals surface area (Å²) in [7, 11) is 0. The molecule has 2 aromatic heterocycles. The standard InChI is InChI=1S/C14H22N4S2/c1-9(2)11-17-13(20-18-11)15-7-6-10-8-19-12(16-10)14(3,4)5/h8-9H,6-7H2,1-5H3,(H,15,17,18). The molecule has 1 N–H and O–H groups in total. The summed E-state index contributed by atoms with van der Waals surface area (Å²) in [5.74, 6) is 1.30. The van der Waals surface area contributed by atoms with Crippen LogP contribution >= 0.6 is 22.9 Å². The molecule has 2 rings (SSSR count). The normalized spacial score (nSPS) is 12.1. The predicted molar refractivity (Wildman–Crippen MR) is 87.0 cm³/mol. The average molecular weight is 310 g/mol. The van der Waals surface area contributed by atoms with Gasteiger partial charge in [0.2, 0.25) is 5.13 Å². The van der Waals surface area contributed by atoms with Crippen molar-refractivity contribution in [3.63, 3.8) is 0 Å². The summed E-state index contributed by atoms with van der Waals surface area (Å²) in [5, 5.41) is 7.58. The molecule has 2 aromatic rings. The summed E-state index contributed by atoms with van der Waals surface area (Å²) in [4.78, 5) is 9.16. The number of aromatic nitrogens is 3. The van der Waals surface area contributed by atoms with Crippen LogP contribution in [0.5, 0.6) is 0 Å². The predicted octanol–water partition coefficient (Wildman–Crippen LogP) is 4.07. The Balaban J connectivity index is 1.85. The third kappa shape index (κ3) is 3.99. The number of rotatable bonds is 5. The number of anilines is 1. The van der Waals surface area contributed by atoms with Gasteiger partial charge in [-0.2, -0.15) is 4.37 Å². The number of hydrogen-bond acceptors (Lipinski definition) is 6. The van der Waals surface area contributed by atoms with Crippen molar-refractivity contribution in [2.45, 2.75) is 52.4 Å². The fraction of sp³-hybridized carbons (Fsp3) is 0.643. The Kier molecular flexibility index (Phi) is 4.75. The summed E-state index contributed by atoms with van der Waals surface area (Å²) in [6.45, 7) is 11.7. The second-order valence-corrected chi connectivity index (χ2v) is 7.79. The van der Waals surface area contributed by atoms with Gasteiger partial charge in [-0.15, -0.1) is 11.3 Å². The van der Waals surface area contributed by atoms with Gasteiger partial charge in [-0.1, -0.05) is 34.6 Å². The lowest BCUT2D eigenvalue weighted by Crippen LogP contribution is -2.11. The summed E-state index contributed by atoms with van der Waals surface area (Å²) in [6.07, 6.45) is 0.920. The molecule has 0 aliphatic carbocycles. The summed E-state index contributed by atoms with van der Waals surface area (Å²) in [6, 6.07) is 0. The zero-order valence-electron chi connectivity index (χ0n) is 12.7. The molecule has 0 saturated heterocycles. The van der Waals surface area contributed by atoms with Crippen LogP contribution in [-0.2, 0) is 11.8 Å². The molecule has 0 fully saturated rings. The molecule has 6 heteroatoms. The molecule has 0 bridgehead atoms. The van der Waals surface area contributed by atoms with E-state index in [0.717, 1.165) is 29.6 Å². The van der Waals surface area contributed by atoms with Gasteiger partial charge in [0.25, 0.3) is 0 Å². The fourth-order valence-electron chi connectivity index (χ4n) is 1.60. The van der Waals surface area contributed by atoms with Crippen molar-refractivity contribution < 1.29 is 0 Å². The van der Waals surface area contributed by atoms with Crippen LogP contribution in [0.2, 0.25) is 0 Å². The minimum absolute atomic E-state index is 0.141. The Bertz CT molecular complexity index is 552. The van der Waals surface area contributed by atoms with Crippen molar-refractivity contribution in [1.29, 1.82) is 0 Å². The molecule has 20 heavy (non-hydrogen) atoms. The van der Waals surface area contributed by atoms with Crippen LogP contribution in [0.4, 0.5) is 5.13 Å². The van der Waals surface area contributed by atoms with Crippen LogP contribution < -0.4 is 5.32 Å². The fourth-order valence-corrected chi connectivity index (χ4v) is 3.28. The third-order valence-electron chi connectivity index (χ3n) is 2.81. The topological polar surface area (TPSA) is 50.7 Å². The van der Waals surface area contributed by atoms with E-state index in [2.05, 4.69) is 54.7 Å². The maximum atomic E-state index is 4.69. The molecule has 110 valence electrons. The molecule has 0 aliphatic rings. The van der Waals surface area contributed by atoms with Crippen molar-refractivity contribution >= 4 is 28.0 Å². The van der Waals surface area contributed by atoms with E-state index < -0.39 is 0 Å². The Hall–Kier alpha value is -1.01. The second kappa shape index (κ2) is 6.18. The van der Waals surface area contributed by atoms with Gasteiger partial charge in [0.1, 0.15) is 5.82 Å². The van der Waals surface area contributed by atoms with Gasteiger partial charge in [-0.3, -0.25) is 0 Å². The van der Waals surface area contributed by atoms with Crippen molar-refractivity contribution in [2.75, 3.05) is 11.9 Å². The zero-order valence-corrected chi connectivity index (χ0v) is 14.4. The molecular weight excluding hydrogens is 288 g/mol. The number of thiazole rings is 1. The third-order valence-corrected chi connectivity index (χ3v) is 4.81. The lowest BCUT2D eigenvalue weighted by atomic mass is 9.98. The van der Waals surface area contributed by atoms with Crippen molar-refractivity contribution in [2.24, 2.45) is 0 Å². The molecule has 0 atom stereocenters. The van der Waals surface area contributed by atoms with Gasteiger partial charge in [-0.25, -0.2) is 9.97 Å². The first-order valence-corrected chi connectivity index (χ1v) is 8.54. The van der Waals surface area contributed by atoms with E-state index in [1.54, 1.807) is 11.3 Å². The van der Waals surface area contributed by atoms with Crippen molar-refractivity contribution in [1.82, 2.24) is 14.3 Å². The first kappa shape index (κ1) is 15.4. The monoisotopic (exact) mass is 310 g/mol. The Morgan fingerprint density at radius 2 is 2.00 bits per heavy atom. The van der Waals surface area contributed by atoms with Gasteiger partial charge >= 0.3 is 0 Å². The number of nitrogens with one attached hydrogen (secondary N) is 1. The molecule has 0 aliphatic heterocycles. The van der Waals surface area contributed by atoms with E-state index in [4.69, 9.17) is 4.98 Å². The molecule has 0 radical (unpaired) electrons. The first-order chi connectivity index (χ1) is 9.36. The quantitative estimate of drug-likeness (QED) is 0.904. The van der Waals surface area contributed by atoms with Crippen molar-refractivity contribution in [3.05, 3.63) is 21.9 Å². The molecule has 4 nitrogen and oxygen atoms in total. The lowest BCUT2D eigenvalue weighted by molar-refractivity contribution is 0.583. The van der Waals surface area contributed by atoms with Crippen LogP contribution in [0.15, 0.2) is 5.38 Å². The highest BCUT2D eigenvalue weighted by molar-refractivity contribution is 7.10. The first-order valence-electron chi connectivity index (χ1n) is 6.88. The SMILES string of the molecule is CC(C)c1nsc(NCCc2csc(C(C)(C)C)n2)n1. The molecule has 0 amide bonds. The highest BCUT2D eigenvalue weighted by atomic mass is 32.1. The van der Waals surface area contributed by atoms with E-state index in [1.165, 1.54) is 16.5 Å². The van der Waals surface area contributed by atoms with Crippen molar-refractivity contribution in [3.8, 4) is 0 Å². The van der Waals surface area contributed by atoms with E-state index >= 15 is 0 Å². The van der Waals surface area contributed by atoms with Gasteiger partial charge < -0.3 is 5.32 Å². The Morgan fingerprint density at radius 1 is 1.25 bits per heavy atom. The maximum Gasteiger partial charge on any atom is 0.202 e. The minimum Gasteiger partial charge on any atom is -0.360 e. The van der Waals surface area contributed by atoms with Gasteiger partial charge in [-0.05, 0) is 0 Å². The van der Waals surface area contributed by atoms with Gasteiger partial charge in [0.15, 0.2) is 0 Å². The van der Waals surface area contributed by atoms with E-state index in [0.29, 0.717) is 5.92 Å². The van der Waals surface area contributed by atoms with Crippen LogP contribution in [0.3, 0.4) is 0 Å². The molecule has 0 saturated carbocycles. The second-order valence-electron chi connectivity index (χ2n) is 6.18. The van der Waals surface area contributed by atoms with Crippen LogP contribution in [0.25, 0.3) is 0 Å². The number of nitrogens with zero attached hydrogens (tertiary/aromatic N) is 3. The Morgan fingerprint density at radius 3 is 2.55 bits per heavy atom. The van der Waals surface area contributed by atoms with Crippen LogP contribution in [-0.4, -0.2) is 20.9 Å². The summed E-state index contributed by atoms with van der Waals surface area (Å²) in [5.41, 5.74) is 1.29. The smallest absolute Gasteiger partial charge is 0.202 e. The van der Waals surface area contributed by atoms with Gasteiger partial charge in [0.05, 0.1) is 10.7 Å².